The minimum Gasteiger partial charge on any atom is -0.324 e. The van der Waals surface area contributed by atoms with E-state index >= 15 is 0 Å². The smallest absolute Gasteiger partial charge is 0.252 e. The number of nitrogens with zero attached hydrogens (tertiary/aromatic N) is 4. The molecule has 0 unspecified atom stereocenters. The van der Waals surface area contributed by atoms with E-state index in [0.29, 0.717) is 24.6 Å². The van der Waals surface area contributed by atoms with Crippen LogP contribution in [0.4, 0.5) is 5.69 Å². The van der Waals surface area contributed by atoms with Crippen LogP contribution >= 0.6 is 0 Å². The van der Waals surface area contributed by atoms with Crippen LogP contribution in [-0.2, 0) is 10.3 Å². The van der Waals surface area contributed by atoms with Crippen molar-refractivity contribution in [1.82, 2.24) is 30.3 Å². The molecule has 2 aliphatic rings. The van der Waals surface area contributed by atoms with E-state index in [4.69, 9.17) is 0 Å². The minimum absolute atomic E-state index is 0.0284. The third kappa shape index (κ3) is 3.09. The van der Waals surface area contributed by atoms with Gasteiger partial charge in [-0.25, -0.2) is 4.98 Å². The summed E-state index contributed by atoms with van der Waals surface area (Å²) in [5, 5.41) is 18.1. The van der Waals surface area contributed by atoms with Crippen LogP contribution in [0.25, 0.3) is 11.4 Å². The number of hydrogen-bond acceptors (Lipinski definition) is 5. The topological polar surface area (TPSA) is 101 Å². The van der Waals surface area contributed by atoms with E-state index in [1.807, 2.05) is 36.5 Å². The molecule has 1 saturated heterocycles. The van der Waals surface area contributed by atoms with Crippen molar-refractivity contribution in [2.24, 2.45) is 0 Å². The first-order valence-electron chi connectivity index (χ1n) is 9.80. The molecule has 2 aromatic heterocycles. The Balaban J connectivity index is 1.34. The number of rotatable bonds is 5. The predicted octanol–water partition coefficient (Wildman–Crippen LogP) is 2.26. The van der Waals surface area contributed by atoms with Gasteiger partial charge in [0.1, 0.15) is 11.4 Å². The molecule has 144 valence electrons. The largest absolute Gasteiger partial charge is 0.324 e. The molecule has 3 aromatic rings. The van der Waals surface area contributed by atoms with Crippen molar-refractivity contribution in [2.45, 2.75) is 37.1 Å². The lowest BCUT2D eigenvalue weighted by Gasteiger charge is -2.36. The number of piperidine rings is 1. The van der Waals surface area contributed by atoms with Crippen LogP contribution in [0.1, 0.15) is 37.4 Å². The second kappa shape index (κ2) is 6.87. The van der Waals surface area contributed by atoms with Gasteiger partial charge in [0.15, 0.2) is 5.82 Å². The Morgan fingerprint density at radius 1 is 1.18 bits per heavy atom. The molecule has 8 nitrogen and oxygen atoms in total. The van der Waals surface area contributed by atoms with Gasteiger partial charge >= 0.3 is 0 Å². The molecule has 1 aromatic carbocycles. The molecule has 3 N–H and O–H groups in total. The van der Waals surface area contributed by atoms with E-state index in [2.05, 4.69) is 30.9 Å². The van der Waals surface area contributed by atoms with E-state index in [-0.39, 0.29) is 5.91 Å². The Morgan fingerprint density at radius 2 is 1.96 bits per heavy atom. The van der Waals surface area contributed by atoms with Crippen molar-refractivity contribution in [1.29, 1.82) is 0 Å². The molecule has 8 heteroatoms. The van der Waals surface area contributed by atoms with Gasteiger partial charge in [0.05, 0.1) is 0 Å². The van der Waals surface area contributed by atoms with Gasteiger partial charge < -0.3 is 10.6 Å². The first-order valence-corrected chi connectivity index (χ1v) is 9.80. The Hall–Kier alpha value is -3.00. The second-order valence-corrected chi connectivity index (χ2v) is 7.58. The molecule has 0 spiro atoms. The molecule has 1 aliphatic heterocycles. The molecule has 1 aliphatic carbocycles. The monoisotopic (exact) mass is 377 g/mol. The molecule has 3 heterocycles. The van der Waals surface area contributed by atoms with Gasteiger partial charge in [-0.1, -0.05) is 0 Å². The summed E-state index contributed by atoms with van der Waals surface area (Å²) in [6.07, 6.45) is 7.38. The Morgan fingerprint density at radius 3 is 2.64 bits per heavy atom. The van der Waals surface area contributed by atoms with E-state index in [0.717, 1.165) is 30.2 Å². The van der Waals surface area contributed by atoms with Gasteiger partial charge in [-0.05, 0) is 69.1 Å². The van der Waals surface area contributed by atoms with Crippen molar-refractivity contribution in [3.05, 3.63) is 48.5 Å². The molecule has 2 fully saturated rings. The van der Waals surface area contributed by atoms with E-state index in [1.54, 1.807) is 10.9 Å². The van der Waals surface area contributed by atoms with Crippen molar-refractivity contribution in [2.75, 3.05) is 18.4 Å². The maximum Gasteiger partial charge on any atom is 0.252 e. The minimum atomic E-state index is -0.656. The molecular formula is C20H23N7O. The average molecular weight is 377 g/mol. The Labute approximate surface area is 162 Å². The van der Waals surface area contributed by atoms with Crippen molar-refractivity contribution < 1.29 is 4.79 Å². The third-order valence-electron chi connectivity index (χ3n) is 5.66. The molecule has 0 radical (unpaired) electrons. The van der Waals surface area contributed by atoms with Crippen LogP contribution in [0.5, 0.6) is 0 Å². The van der Waals surface area contributed by atoms with Crippen LogP contribution in [0.15, 0.2) is 42.7 Å². The number of carbonyl (C=O) groups excluding carboxylic acids is 1. The molecule has 5 rings (SSSR count). The van der Waals surface area contributed by atoms with Gasteiger partial charge in [-0.2, -0.15) is 10.2 Å². The molecule has 28 heavy (non-hydrogen) atoms. The van der Waals surface area contributed by atoms with Gasteiger partial charge in [0.25, 0.3) is 5.91 Å². The van der Waals surface area contributed by atoms with Crippen molar-refractivity contribution in [3.8, 4) is 11.4 Å². The highest BCUT2D eigenvalue weighted by atomic mass is 16.2. The van der Waals surface area contributed by atoms with Crippen LogP contribution in [0.2, 0.25) is 0 Å². The van der Waals surface area contributed by atoms with Gasteiger partial charge in [-0.15, -0.1) is 0 Å². The molecular weight excluding hydrogens is 354 g/mol. The predicted molar refractivity (Wildman–Crippen MR) is 105 cm³/mol. The maximum atomic E-state index is 13.2. The fourth-order valence-electron chi connectivity index (χ4n) is 3.82. The number of carbonyl (C=O) groups is 1. The zero-order chi connectivity index (χ0) is 19.0. The second-order valence-electron chi connectivity index (χ2n) is 7.58. The van der Waals surface area contributed by atoms with Crippen molar-refractivity contribution in [3.63, 3.8) is 0 Å². The lowest BCUT2D eigenvalue weighted by atomic mass is 9.87. The molecule has 1 amide bonds. The summed E-state index contributed by atoms with van der Waals surface area (Å²) in [6.45, 7) is 1.58. The van der Waals surface area contributed by atoms with E-state index in [1.165, 1.54) is 12.8 Å². The summed E-state index contributed by atoms with van der Waals surface area (Å²) in [6, 6.07) is 9.55. The lowest BCUT2D eigenvalue weighted by molar-refractivity contribution is -0.126. The maximum absolute atomic E-state index is 13.2. The fourth-order valence-corrected chi connectivity index (χ4v) is 3.82. The lowest BCUT2D eigenvalue weighted by Crippen LogP contribution is -2.52. The van der Waals surface area contributed by atoms with E-state index < -0.39 is 5.54 Å². The Bertz CT molecular complexity index is 951. The molecule has 0 atom stereocenters. The Kier molecular flexibility index (Phi) is 4.20. The van der Waals surface area contributed by atoms with Gasteiger partial charge in [-0.3, -0.25) is 14.6 Å². The quantitative estimate of drug-likeness (QED) is 0.633. The summed E-state index contributed by atoms with van der Waals surface area (Å²) in [5.74, 6) is 2.19. The zero-order valence-corrected chi connectivity index (χ0v) is 15.6. The first-order chi connectivity index (χ1) is 13.7. The zero-order valence-electron chi connectivity index (χ0n) is 15.6. The number of H-pyrrole nitrogens is 1. The fraction of sp³-hybridized carbons (Fsp3) is 0.400. The summed E-state index contributed by atoms with van der Waals surface area (Å²) in [4.78, 5) is 17.8. The highest BCUT2D eigenvalue weighted by Gasteiger charge is 2.42. The number of anilines is 1. The van der Waals surface area contributed by atoms with Crippen LogP contribution < -0.4 is 10.6 Å². The SMILES string of the molecule is O=C(Nc1ccc(-c2n[nH]c(C3CC3)n2)cc1)C1(n2cccn2)CCNCC1. The van der Waals surface area contributed by atoms with Gasteiger partial charge in [0.2, 0.25) is 0 Å². The van der Waals surface area contributed by atoms with Crippen LogP contribution in [-0.4, -0.2) is 44.0 Å². The molecule has 1 saturated carbocycles. The first kappa shape index (κ1) is 17.1. The van der Waals surface area contributed by atoms with Crippen LogP contribution in [0, 0.1) is 0 Å². The number of aromatic amines is 1. The number of nitrogens with one attached hydrogen (secondary N) is 3. The highest BCUT2D eigenvalue weighted by molar-refractivity contribution is 5.96. The van der Waals surface area contributed by atoms with E-state index in [9.17, 15) is 4.79 Å². The van der Waals surface area contributed by atoms with Gasteiger partial charge in [0, 0.05) is 29.6 Å². The summed E-state index contributed by atoms with van der Waals surface area (Å²) in [5.41, 5.74) is 1.04. The number of hydrogen-bond donors (Lipinski definition) is 3. The summed E-state index contributed by atoms with van der Waals surface area (Å²) < 4.78 is 1.80. The third-order valence-corrected chi connectivity index (χ3v) is 5.66. The van der Waals surface area contributed by atoms with Crippen LogP contribution in [0.3, 0.4) is 0 Å². The number of amides is 1. The molecule has 0 bridgehead atoms. The number of aromatic nitrogens is 5. The average Bonchev–Trinajstić information content (AvgIpc) is 3.22. The highest BCUT2D eigenvalue weighted by Crippen LogP contribution is 2.38. The number of benzene rings is 1. The normalized spacial score (nSPS) is 18.7. The van der Waals surface area contributed by atoms with Crippen molar-refractivity contribution >= 4 is 11.6 Å². The summed E-state index contributed by atoms with van der Waals surface area (Å²) >= 11 is 0. The standard InChI is InChI=1S/C20H23N7O/c28-19(20(8-11-21-12-9-20)27-13-1-10-22-27)23-16-6-4-15(5-7-16)18-24-17(25-26-18)14-2-3-14/h1,4-7,10,13-14,21H,2-3,8-9,11-12H2,(H,23,28)(H,24,25,26). The summed E-state index contributed by atoms with van der Waals surface area (Å²) in [7, 11) is 0.